The molecule has 2 N–H and O–H groups in total. The highest BCUT2D eigenvalue weighted by Crippen LogP contribution is 2.15. The highest BCUT2D eigenvalue weighted by molar-refractivity contribution is 9.10. The monoisotopic (exact) mass is 331 g/mol. The van der Waals surface area contributed by atoms with Crippen LogP contribution < -0.4 is 16.2 Å². The number of halogens is 1. The van der Waals surface area contributed by atoms with Crippen molar-refractivity contribution in [3.05, 3.63) is 21.0 Å². The van der Waals surface area contributed by atoms with Crippen LogP contribution in [0.15, 0.2) is 15.5 Å². The fourth-order valence-corrected chi connectivity index (χ4v) is 1.79. The van der Waals surface area contributed by atoms with Crippen LogP contribution in [0.2, 0.25) is 0 Å². The maximum absolute atomic E-state index is 11.8. The minimum atomic E-state index is -0.176. The third kappa shape index (κ3) is 4.23. The molecule has 1 aromatic rings. The second kappa shape index (κ2) is 7.13. The van der Waals surface area contributed by atoms with E-state index in [1.807, 2.05) is 6.92 Å². The lowest BCUT2D eigenvalue weighted by atomic mass is 10.4. The Morgan fingerprint density at radius 2 is 2.16 bits per heavy atom. The molecule has 7 nitrogen and oxygen atoms in total. The van der Waals surface area contributed by atoms with Crippen molar-refractivity contribution in [2.75, 3.05) is 32.5 Å². The number of hydrogen-bond donors (Lipinski definition) is 2. The van der Waals surface area contributed by atoms with Gasteiger partial charge in [0.2, 0.25) is 0 Å². The van der Waals surface area contributed by atoms with Gasteiger partial charge in [0.05, 0.1) is 11.9 Å². The van der Waals surface area contributed by atoms with Gasteiger partial charge >= 0.3 is 6.03 Å². The Morgan fingerprint density at radius 3 is 2.74 bits per heavy atom. The first kappa shape index (κ1) is 15.5. The summed E-state index contributed by atoms with van der Waals surface area (Å²) < 4.78 is 1.81. The highest BCUT2D eigenvalue weighted by atomic mass is 79.9. The van der Waals surface area contributed by atoms with E-state index in [1.54, 1.807) is 20.3 Å². The van der Waals surface area contributed by atoms with Crippen molar-refractivity contribution in [2.24, 2.45) is 0 Å². The van der Waals surface area contributed by atoms with Gasteiger partial charge in [-0.05, 0) is 22.9 Å². The molecule has 2 amide bonds. The summed E-state index contributed by atoms with van der Waals surface area (Å²) in [5.41, 5.74) is 0.443. The Morgan fingerprint density at radius 1 is 1.47 bits per heavy atom. The van der Waals surface area contributed by atoms with Crippen LogP contribution in [0.1, 0.15) is 6.92 Å². The first-order valence-corrected chi connectivity index (χ1v) is 6.71. The van der Waals surface area contributed by atoms with Crippen molar-refractivity contribution in [2.45, 2.75) is 13.5 Å². The molecule has 0 saturated heterocycles. The summed E-state index contributed by atoms with van der Waals surface area (Å²) in [7, 11) is 3.35. The molecule has 0 spiro atoms. The number of carbonyl (C=O) groups excluding carboxylic acids is 1. The molecule has 0 radical (unpaired) electrons. The predicted octanol–water partition coefficient (Wildman–Crippen LogP) is 0.709. The summed E-state index contributed by atoms with van der Waals surface area (Å²) in [6, 6.07) is -0.152. The van der Waals surface area contributed by atoms with Gasteiger partial charge < -0.3 is 15.5 Å². The van der Waals surface area contributed by atoms with Crippen LogP contribution in [-0.2, 0) is 6.54 Å². The number of nitrogens with zero attached hydrogens (tertiary/aromatic N) is 3. The molecule has 0 saturated carbocycles. The first-order chi connectivity index (χ1) is 8.97. The number of amides is 2. The molecule has 0 bridgehead atoms. The smallest absolute Gasteiger partial charge is 0.316 e. The molecular weight excluding hydrogens is 314 g/mol. The van der Waals surface area contributed by atoms with E-state index < -0.39 is 0 Å². The van der Waals surface area contributed by atoms with E-state index in [2.05, 4.69) is 31.7 Å². The second-order valence-electron chi connectivity index (χ2n) is 4.05. The number of carbonyl (C=O) groups is 1. The zero-order chi connectivity index (χ0) is 14.4. The molecule has 0 fully saturated rings. The molecule has 0 aliphatic rings. The van der Waals surface area contributed by atoms with E-state index in [0.29, 0.717) is 29.8 Å². The SMILES string of the molecule is CCn1ncc(NCCNC(=O)N(C)C)c(Br)c1=O. The van der Waals surface area contributed by atoms with Gasteiger partial charge in [-0.1, -0.05) is 0 Å². The molecule has 0 atom stereocenters. The lowest BCUT2D eigenvalue weighted by Crippen LogP contribution is -2.37. The molecule has 106 valence electrons. The zero-order valence-electron chi connectivity index (χ0n) is 11.2. The van der Waals surface area contributed by atoms with E-state index in [9.17, 15) is 9.59 Å². The summed E-state index contributed by atoms with van der Waals surface area (Å²) >= 11 is 3.24. The van der Waals surface area contributed by atoms with E-state index in [0.717, 1.165) is 0 Å². The summed E-state index contributed by atoms with van der Waals surface area (Å²) in [6.07, 6.45) is 1.59. The number of rotatable bonds is 5. The molecule has 8 heteroatoms. The summed E-state index contributed by atoms with van der Waals surface area (Å²) in [6.45, 7) is 3.34. The molecule has 0 unspecified atom stereocenters. The number of aryl methyl sites for hydroxylation is 1. The molecule has 0 aromatic carbocycles. The van der Waals surface area contributed by atoms with Gasteiger partial charge in [-0.2, -0.15) is 5.10 Å². The quantitative estimate of drug-likeness (QED) is 0.779. The number of aromatic nitrogens is 2. The Labute approximate surface area is 120 Å². The Kier molecular flexibility index (Phi) is 5.81. The molecular formula is C11H18BrN5O2. The number of anilines is 1. The lowest BCUT2D eigenvalue weighted by Gasteiger charge is -2.13. The molecule has 0 aliphatic heterocycles. The van der Waals surface area contributed by atoms with Gasteiger partial charge in [0.15, 0.2) is 0 Å². The molecule has 1 rings (SSSR count). The minimum Gasteiger partial charge on any atom is -0.381 e. The van der Waals surface area contributed by atoms with Gasteiger partial charge in [-0.15, -0.1) is 0 Å². The van der Waals surface area contributed by atoms with Crippen LogP contribution in [-0.4, -0.2) is 47.9 Å². The number of urea groups is 1. The summed E-state index contributed by atoms with van der Waals surface area (Å²) in [4.78, 5) is 24.5. The lowest BCUT2D eigenvalue weighted by molar-refractivity contribution is 0.218. The van der Waals surface area contributed by atoms with Crippen molar-refractivity contribution in [3.63, 3.8) is 0 Å². The maximum atomic E-state index is 11.8. The number of hydrogen-bond acceptors (Lipinski definition) is 4. The topological polar surface area (TPSA) is 79.3 Å². The third-order valence-electron chi connectivity index (χ3n) is 2.41. The van der Waals surface area contributed by atoms with E-state index >= 15 is 0 Å². The number of nitrogens with one attached hydrogen (secondary N) is 2. The second-order valence-corrected chi connectivity index (χ2v) is 4.84. The van der Waals surface area contributed by atoms with E-state index in [1.165, 1.54) is 9.58 Å². The minimum absolute atomic E-state index is 0.152. The molecule has 1 aromatic heterocycles. The zero-order valence-corrected chi connectivity index (χ0v) is 12.8. The van der Waals surface area contributed by atoms with Crippen molar-refractivity contribution >= 4 is 27.6 Å². The van der Waals surface area contributed by atoms with Gasteiger partial charge in [0.1, 0.15) is 4.47 Å². The van der Waals surface area contributed by atoms with Crippen molar-refractivity contribution < 1.29 is 4.79 Å². The van der Waals surface area contributed by atoms with Gasteiger partial charge in [0, 0.05) is 33.7 Å². The standard InChI is InChI=1S/C11H18BrN5O2/c1-4-17-10(18)9(12)8(7-15-17)13-5-6-14-11(19)16(2)3/h7,13H,4-6H2,1-3H3,(H,14,19). The predicted molar refractivity (Wildman–Crippen MR) is 77.4 cm³/mol. The Balaban J connectivity index is 2.53. The Bertz CT molecular complexity index is 500. The van der Waals surface area contributed by atoms with Crippen molar-refractivity contribution in [1.82, 2.24) is 20.0 Å². The van der Waals surface area contributed by atoms with Crippen molar-refractivity contribution in [1.29, 1.82) is 0 Å². The normalized spacial score (nSPS) is 10.1. The fourth-order valence-electron chi connectivity index (χ4n) is 1.34. The first-order valence-electron chi connectivity index (χ1n) is 5.92. The third-order valence-corrected chi connectivity index (χ3v) is 3.17. The fraction of sp³-hybridized carbons (Fsp3) is 0.545. The van der Waals surface area contributed by atoms with Crippen LogP contribution in [0.5, 0.6) is 0 Å². The average Bonchev–Trinajstić information content (AvgIpc) is 2.39. The van der Waals surface area contributed by atoms with E-state index in [4.69, 9.17) is 0 Å². The Hall–Kier alpha value is -1.57. The van der Waals surface area contributed by atoms with Gasteiger partial charge in [-0.3, -0.25) is 4.79 Å². The van der Waals surface area contributed by atoms with Gasteiger partial charge in [0.25, 0.3) is 5.56 Å². The molecule has 19 heavy (non-hydrogen) atoms. The molecule has 1 heterocycles. The average molecular weight is 332 g/mol. The van der Waals surface area contributed by atoms with Crippen molar-refractivity contribution in [3.8, 4) is 0 Å². The molecule has 0 aliphatic carbocycles. The summed E-state index contributed by atoms with van der Waals surface area (Å²) in [5.74, 6) is 0. The summed E-state index contributed by atoms with van der Waals surface area (Å²) in [5, 5.41) is 9.77. The van der Waals surface area contributed by atoms with Gasteiger partial charge in [-0.25, -0.2) is 9.48 Å². The van der Waals surface area contributed by atoms with Crippen LogP contribution in [0.25, 0.3) is 0 Å². The van der Waals surface area contributed by atoms with Crippen LogP contribution in [0.3, 0.4) is 0 Å². The highest BCUT2D eigenvalue weighted by Gasteiger charge is 2.07. The van der Waals surface area contributed by atoms with Crippen LogP contribution >= 0.6 is 15.9 Å². The largest absolute Gasteiger partial charge is 0.381 e. The van der Waals surface area contributed by atoms with E-state index in [-0.39, 0.29) is 11.6 Å². The van der Waals surface area contributed by atoms with Crippen LogP contribution in [0.4, 0.5) is 10.5 Å². The maximum Gasteiger partial charge on any atom is 0.316 e. The van der Waals surface area contributed by atoms with Crippen LogP contribution in [0, 0.1) is 0 Å².